The molecule has 102 valence electrons. The van der Waals surface area contributed by atoms with Crippen molar-refractivity contribution in [2.24, 2.45) is 0 Å². The molecule has 1 saturated heterocycles. The molecule has 0 aliphatic carbocycles. The number of rotatable bonds is 6. The Bertz CT molecular complexity index is 309. The summed E-state index contributed by atoms with van der Waals surface area (Å²) in [7, 11) is -3.33. The lowest BCUT2D eigenvalue weighted by Crippen LogP contribution is -2.52. The Balaban J connectivity index is 2.45. The fourth-order valence-corrected chi connectivity index (χ4v) is 3.39. The van der Waals surface area contributed by atoms with Gasteiger partial charge >= 0.3 is 0 Å². The van der Waals surface area contributed by atoms with Gasteiger partial charge in [-0.15, -0.1) is 0 Å². The Morgan fingerprint density at radius 1 is 1.24 bits per heavy atom. The third kappa shape index (κ3) is 4.91. The van der Waals surface area contributed by atoms with E-state index < -0.39 is 10.2 Å². The van der Waals surface area contributed by atoms with Crippen molar-refractivity contribution in [2.75, 3.05) is 19.6 Å². The minimum atomic E-state index is -3.33. The molecule has 0 amide bonds. The van der Waals surface area contributed by atoms with E-state index in [1.807, 2.05) is 13.8 Å². The molecule has 5 nitrogen and oxygen atoms in total. The van der Waals surface area contributed by atoms with Gasteiger partial charge in [0.15, 0.2) is 0 Å². The first-order chi connectivity index (χ1) is 7.95. The monoisotopic (exact) mass is 264 g/mol. The molecule has 1 rings (SSSR count). The van der Waals surface area contributed by atoms with Crippen LogP contribution in [0, 0.1) is 0 Å². The van der Waals surface area contributed by atoms with Crippen LogP contribution in [0.2, 0.25) is 0 Å². The van der Waals surface area contributed by atoms with Crippen LogP contribution in [0.15, 0.2) is 0 Å². The van der Waals surface area contributed by atoms with E-state index >= 15 is 0 Å². The van der Waals surface area contributed by atoms with E-state index in [1.54, 1.807) is 0 Å². The standard InChI is InChI=1S/C11H24N2O3S/c1-4-5-6-7-12-17(14,15)13-8-10(2)16-11(3)9-13/h10-12H,4-9H2,1-3H3/t10-,11-/m0/s1. The second kappa shape index (κ2) is 6.68. The Kier molecular flexibility index (Phi) is 5.85. The first kappa shape index (κ1) is 14.9. The maximum Gasteiger partial charge on any atom is 0.279 e. The minimum absolute atomic E-state index is 0.0361. The molecule has 0 radical (unpaired) electrons. The molecule has 0 aromatic carbocycles. The van der Waals surface area contributed by atoms with Crippen molar-refractivity contribution in [3.05, 3.63) is 0 Å². The van der Waals surface area contributed by atoms with Gasteiger partial charge in [-0.05, 0) is 20.3 Å². The fourth-order valence-electron chi connectivity index (χ4n) is 1.99. The lowest BCUT2D eigenvalue weighted by molar-refractivity contribution is -0.0443. The van der Waals surface area contributed by atoms with E-state index in [9.17, 15) is 8.42 Å². The number of nitrogens with one attached hydrogen (secondary N) is 1. The molecule has 0 bridgehead atoms. The molecular formula is C11H24N2O3S. The summed E-state index contributed by atoms with van der Waals surface area (Å²) in [6.07, 6.45) is 2.97. The largest absolute Gasteiger partial charge is 0.373 e. The number of hydrogen-bond acceptors (Lipinski definition) is 3. The summed E-state index contributed by atoms with van der Waals surface area (Å²) in [4.78, 5) is 0. The molecular weight excluding hydrogens is 240 g/mol. The first-order valence-corrected chi connectivity index (χ1v) is 7.80. The van der Waals surface area contributed by atoms with E-state index in [2.05, 4.69) is 11.6 Å². The molecule has 6 heteroatoms. The molecule has 1 N–H and O–H groups in total. The predicted molar refractivity (Wildman–Crippen MR) is 68.0 cm³/mol. The van der Waals surface area contributed by atoms with Crippen molar-refractivity contribution in [3.8, 4) is 0 Å². The normalized spacial score (nSPS) is 27.2. The number of nitrogens with zero attached hydrogens (tertiary/aromatic N) is 1. The third-order valence-corrected chi connectivity index (χ3v) is 4.34. The average Bonchev–Trinajstić information content (AvgIpc) is 2.23. The fraction of sp³-hybridized carbons (Fsp3) is 1.00. The Morgan fingerprint density at radius 3 is 2.35 bits per heavy atom. The van der Waals surface area contributed by atoms with Crippen LogP contribution < -0.4 is 4.72 Å². The van der Waals surface area contributed by atoms with Crippen LogP contribution in [0.4, 0.5) is 0 Å². The van der Waals surface area contributed by atoms with Gasteiger partial charge in [0.1, 0.15) is 0 Å². The molecule has 1 heterocycles. The molecule has 2 atom stereocenters. The molecule has 1 fully saturated rings. The summed E-state index contributed by atoms with van der Waals surface area (Å²) < 4.78 is 33.7. The van der Waals surface area contributed by atoms with E-state index in [0.29, 0.717) is 19.6 Å². The van der Waals surface area contributed by atoms with Gasteiger partial charge in [0, 0.05) is 19.6 Å². The van der Waals surface area contributed by atoms with Gasteiger partial charge in [-0.25, -0.2) is 4.72 Å². The Hall–Kier alpha value is -0.170. The highest BCUT2D eigenvalue weighted by Crippen LogP contribution is 2.13. The van der Waals surface area contributed by atoms with Crippen molar-refractivity contribution in [2.45, 2.75) is 52.2 Å². The van der Waals surface area contributed by atoms with Crippen LogP contribution in [-0.4, -0.2) is 44.6 Å². The summed E-state index contributed by atoms with van der Waals surface area (Å²) in [6.45, 7) is 7.29. The lowest BCUT2D eigenvalue weighted by Gasteiger charge is -2.34. The summed E-state index contributed by atoms with van der Waals surface area (Å²) in [5, 5.41) is 0. The van der Waals surface area contributed by atoms with Crippen LogP contribution in [0.3, 0.4) is 0 Å². The number of unbranched alkanes of at least 4 members (excludes halogenated alkanes) is 2. The van der Waals surface area contributed by atoms with Gasteiger partial charge in [-0.3, -0.25) is 0 Å². The average molecular weight is 264 g/mol. The van der Waals surface area contributed by atoms with Crippen molar-refractivity contribution < 1.29 is 13.2 Å². The second-order valence-electron chi connectivity index (χ2n) is 4.68. The van der Waals surface area contributed by atoms with E-state index in [-0.39, 0.29) is 12.2 Å². The van der Waals surface area contributed by atoms with Crippen LogP contribution in [0.5, 0.6) is 0 Å². The SMILES string of the molecule is CCCCCNS(=O)(=O)N1C[C@H](C)O[C@@H](C)C1. The third-order valence-electron chi connectivity index (χ3n) is 2.79. The summed E-state index contributed by atoms with van der Waals surface area (Å²) in [5.74, 6) is 0. The smallest absolute Gasteiger partial charge is 0.279 e. The zero-order valence-corrected chi connectivity index (χ0v) is 11.8. The van der Waals surface area contributed by atoms with Gasteiger partial charge < -0.3 is 4.74 Å². The van der Waals surface area contributed by atoms with E-state index in [0.717, 1.165) is 19.3 Å². The molecule has 17 heavy (non-hydrogen) atoms. The first-order valence-electron chi connectivity index (χ1n) is 6.36. The zero-order chi connectivity index (χ0) is 12.9. The topological polar surface area (TPSA) is 58.6 Å². The molecule has 0 spiro atoms. The maximum atomic E-state index is 12.0. The number of hydrogen-bond donors (Lipinski definition) is 1. The van der Waals surface area contributed by atoms with Gasteiger partial charge in [0.25, 0.3) is 10.2 Å². The van der Waals surface area contributed by atoms with Crippen LogP contribution in [0.25, 0.3) is 0 Å². The van der Waals surface area contributed by atoms with Crippen LogP contribution in [-0.2, 0) is 14.9 Å². The Morgan fingerprint density at radius 2 is 1.82 bits per heavy atom. The van der Waals surface area contributed by atoms with Crippen molar-refractivity contribution in [3.63, 3.8) is 0 Å². The van der Waals surface area contributed by atoms with E-state index in [1.165, 1.54) is 4.31 Å². The maximum absolute atomic E-state index is 12.0. The zero-order valence-electron chi connectivity index (χ0n) is 11.0. The van der Waals surface area contributed by atoms with Crippen LogP contribution >= 0.6 is 0 Å². The highest BCUT2D eigenvalue weighted by Gasteiger charge is 2.30. The predicted octanol–water partition coefficient (Wildman–Crippen LogP) is 1.12. The summed E-state index contributed by atoms with van der Waals surface area (Å²) in [5.41, 5.74) is 0. The number of ether oxygens (including phenoxy) is 1. The molecule has 0 saturated carbocycles. The molecule has 1 aliphatic rings. The highest BCUT2D eigenvalue weighted by molar-refractivity contribution is 7.87. The van der Waals surface area contributed by atoms with Gasteiger partial charge in [-0.1, -0.05) is 19.8 Å². The van der Waals surface area contributed by atoms with Gasteiger partial charge in [0.2, 0.25) is 0 Å². The second-order valence-corrected chi connectivity index (χ2v) is 6.44. The van der Waals surface area contributed by atoms with Crippen molar-refractivity contribution >= 4 is 10.2 Å². The molecule has 0 aromatic rings. The number of morpholine rings is 1. The highest BCUT2D eigenvalue weighted by atomic mass is 32.2. The van der Waals surface area contributed by atoms with E-state index in [4.69, 9.17) is 4.74 Å². The van der Waals surface area contributed by atoms with Crippen molar-refractivity contribution in [1.29, 1.82) is 0 Å². The summed E-state index contributed by atoms with van der Waals surface area (Å²) >= 11 is 0. The molecule has 1 aliphatic heterocycles. The van der Waals surface area contributed by atoms with Gasteiger partial charge in [0.05, 0.1) is 12.2 Å². The molecule has 0 unspecified atom stereocenters. The lowest BCUT2D eigenvalue weighted by atomic mass is 10.3. The minimum Gasteiger partial charge on any atom is -0.373 e. The molecule has 0 aromatic heterocycles. The van der Waals surface area contributed by atoms with Gasteiger partial charge in [-0.2, -0.15) is 12.7 Å². The van der Waals surface area contributed by atoms with Crippen LogP contribution in [0.1, 0.15) is 40.0 Å². The van der Waals surface area contributed by atoms with Crippen molar-refractivity contribution in [1.82, 2.24) is 9.03 Å². The Labute approximate surface area is 105 Å². The quantitative estimate of drug-likeness (QED) is 0.731. The summed E-state index contributed by atoms with van der Waals surface area (Å²) in [6, 6.07) is 0.